The van der Waals surface area contributed by atoms with E-state index in [1.165, 1.54) is 4.57 Å². The first kappa shape index (κ1) is 22.8. The van der Waals surface area contributed by atoms with Crippen LogP contribution in [0.2, 0.25) is 0 Å². The monoisotopic (exact) mass is 439 g/mol. The van der Waals surface area contributed by atoms with Crippen LogP contribution in [0.15, 0.2) is 58.1 Å². The summed E-state index contributed by atoms with van der Waals surface area (Å²) in [7, 11) is 1.59. The number of carboxylic acids is 1. The summed E-state index contributed by atoms with van der Waals surface area (Å²) in [6, 6.07) is 12.1. The van der Waals surface area contributed by atoms with Gasteiger partial charge in [0, 0.05) is 13.5 Å². The van der Waals surface area contributed by atoms with Gasteiger partial charge in [0.2, 0.25) is 0 Å². The Morgan fingerprint density at radius 2 is 1.78 bits per heavy atom. The molecule has 2 N–H and O–H groups in total. The molecule has 9 nitrogen and oxygen atoms in total. The topological polar surface area (TPSA) is 120 Å². The molecule has 0 saturated heterocycles. The molecule has 0 spiro atoms. The number of aliphatic carboxylic acids is 1. The molecule has 0 saturated carbocycles. The molecule has 3 rings (SSSR count). The van der Waals surface area contributed by atoms with Crippen LogP contribution in [-0.2, 0) is 23.0 Å². The molecular weight excluding hydrogens is 414 g/mol. The van der Waals surface area contributed by atoms with E-state index < -0.39 is 29.4 Å². The molecule has 1 aromatic heterocycles. The van der Waals surface area contributed by atoms with Crippen molar-refractivity contribution < 1.29 is 19.4 Å². The standard InChI is InChI=1S/C23H25N3O6/c1-3-4-13-32-22(30)24-18(21(28)29)14-15-9-11-16(12-10-15)26-20(27)17-7-5-6-8-19(17)25(2)23(26)31/h5-12,18H,3-4,13-14H2,1-2H3,(H,24,30)(H,28,29). The van der Waals surface area contributed by atoms with Crippen molar-refractivity contribution in [3.8, 4) is 5.69 Å². The van der Waals surface area contributed by atoms with E-state index in [1.54, 1.807) is 55.6 Å². The van der Waals surface area contributed by atoms with E-state index >= 15 is 0 Å². The first-order chi connectivity index (χ1) is 15.3. The van der Waals surface area contributed by atoms with Crippen LogP contribution in [0.3, 0.4) is 0 Å². The van der Waals surface area contributed by atoms with Gasteiger partial charge in [-0.1, -0.05) is 37.6 Å². The van der Waals surface area contributed by atoms with Crippen molar-refractivity contribution in [3.63, 3.8) is 0 Å². The summed E-state index contributed by atoms with van der Waals surface area (Å²) in [6.45, 7) is 2.17. The molecule has 0 aliphatic heterocycles. The lowest BCUT2D eigenvalue weighted by atomic mass is 10.1. The molecule has 9 heteroatoms. The Hall–Kier alpha value is -3.88. The lowest BCUT2D eigenvalue weighted by molar-refractivity contribution is -0.139. The number of alkyl carbamates (subject to hydrolysis) is 1. The molecule has 0 fully saturated rings. The van der Waals surface area contributed by atoms with Crippen molar-refractivity contribution in [2.75, 3.05) is 6.61 Å². The molecule has 32 heavy (non-hydrogen) atoms. The van der Waals surface area contributed by atoms with E-state index in [-0.39, 0.29) is 13.0 Å². The van der Waals surface area contributed by atoms with E-state index in [9.17, 15) is 24.3 Å². The quantitative estimate of drug-likeness (QED) is 0.520. The number of carbonyl (C=O) groups excluding carboxylic acids is 1. The van der Waals surface area contributed by atoms with Gasteiger partial charge < -0.3 is 15.2 Å². The van der Waals surface area contributed by atoms with Crippen LogP contribution in [0.1, 0.15) is 25.3 Å². The van der Waals surface area contributed by atoms with Crippen LogP contribution < -0.4 is 16.6 Å². The Balaban J connectivity index is 1.83. The number of amides is 1. The summed E-state index contributed by atoms with van der Waals surface area (Å²) in [6.07, 6.45) is 0.781. The average Bonchev–Trinajstić information content (AvgIpc) is 2.78. The van der Waals surface area contributed by atoms with Crippen molar-refractivity contribution in [3.05, 3.63) is 74.9 Å². The Labute approximate surface area is 183 Å². The number of carboxylic acid groups (broad SMARTS) is 1. The van der Waals surface area contributed by atoms with Crippen molar-refractivity contribution in [2.24, 2.45) is 7.05 Å². The summed E-state index contributed by atoms with van der Waals surface area (Å²) < 4.78 is 7.44. The first-order valence-electron chi connectivity index (χ1n) is 10.3. The van der Waals surface area contributed by atoms with Gasteiger partial charge in [0.25, 0.3) is 5.56 Å². The smallest absolute Gasteiger partial charge is 0.407 e. The summed E-state index contributed by atoms with van der Waals surface area (Å²) in [5.74, 6) is -1.19. The number of carbonyl (C=O) groups is 2. The number of aryl methyl sites for hydroxylation is 1. The third-order valence-electron chi connectivity index (χ3n) is 5.13. The Kier molecular flexibility index (Phi) is 7.09. The molecular formula is C23H25N3O6. The molecule has 2 aromatic carbocycles. The van der Waals surface area contributed by atoms with Crippen molar-refractivity contribution in [1.29, 1.82) is 0 Å². The number of hydrogen-bond acceptors (Lipinski definition) is 5. The largest absolute Gasteiger partial charge is 0.480 e. The summed E-state index contributed by atoms with van der Waals surface area (Å²) in [5.41, 5.74) is 0.596. The zero-order chi connectivity index (χ0) is 23.3. The minimum Gasteiger partial charge on any atom is -0.480 e. The number of para-hydroxylation sites is 1. The second-order valence-corrected chi connectivity index (χ2v) is 7.39. The van der Waals surface area contributed by atoms with Gasteiger partial charge in [-0.25, -0.2) is 19.0 Å². The van der Waals surface area contributed by atoms with Crippen LogP contribution in [0.4, 0.5) is 4.79 Å². The normalized spacial score (nSPS) is 11.8. The highest BCUT2D eigenvalue weighted by atomic mass is 16.5. The van der Waals surface area contributed by atoms with Gasteiger partial charge in [0.1, 0.15) is 6.04 Å². The van der Waals surface area contributed by atoms with Crippen molar-refractivity contribution >= 4 is 23.0 Å². The number of nitrogens with one attached hydrogen (secondary N) is 1. The average molecular weight is 439 g/mol. The number of rotatable bonds is 8. The fourth-order valence-electron chi connectivity index (χ4n) is 3.35. The van der Waals surface area contributed by atoms with Crippen LogP contribution in [0, 0.1) is 0 Å². The Morgan fingerprint density at radius 1 is 1.09 bits per heavy atom. The molecule has 0 bridgehead atoms. The lowest BCUT2D eigenvalue weighted by Gasteiger charge is -2.15. The number of fused-ring (bicyclic) bond motifs is 1. The molecule has 1 unspecified atom stereocenters. The third-order valence-corrected chi connectivity index (χ3v) is 5.13. The van der Waals surface area contributed by atoms with Gasteiger partial charge >= 0.3 is 17.8 Å². The molecule has 1 atom stereocenters. The molecule has 1 amide bonds. The van der Waals surface area contributed by atoms with Gasteiger partial charge in [-0.15, -0.1) is 0 Å². The maximum absolute atomic E-state index is 12.9. The van der Waals surface area contributed by atoms with Crippen LogP contribution in [0.5, 0.6) is 0 Å². The highest BCUT2D eigenvalue weighted by Gasteiger charge is 2.21. The van der Waals surface area contributed by atoms with Gasteiger partial charge in [0.05, 0.1) is 23.2 Å². The number of aromatic nitrogens is 2. The fourth-order valence-corrected chi connectivity index (χ4v) is 3.35. The minimum atomic E-state index is -1.19. The van der Waals surface area contributed by atoms with Crippen molar-refractivity contribution in [2.45, 2.75) is 32.2 Å². The van der Waals surface area contributed by atoms with Crippen LogP contribution in [0.25, 0.3) is 16.6 Å². The van der Waals surface area contributed by atoms with E-state index in [0.717, 1.165) is 11.0 Å². The van der Waals surface area contributed by atoms with Crippen molar-refractivity contribution in [1.82, 2.24) is 14.5 Å². The molecule has 1 heterocycles. The Morgan fingerprint density at radius 3 is 2.44 bits per heavy atom. The minimum absolute atomic E-state index is 0.0170. The number of benzene rings is 2. The van der Waals surface area contributed by atoms with Gasteiger partial charge in [-0.05, 0) is 36.2 Å². The first-order valence-corrected chi connectivity index (χ1v) is 10.3. The van der Waals surface area contributed by atoms with Gasteiger partial charge in [-0.3, -0.25) is 9.36 Å². The highest BCUT2D eigenvalue weighted by Crippen LogP contribution is 2.12. The lowest BCUT2D eigenvalue weighted by Crippen LogP contribution is -2.42. The highest BCUT2D eigenvalue weighted by molar-refractivity contribution is 5.80. The number of unbranched alkanes of at least 4 members (excludes halogenated alkanes) is 1. The van der Waals surface area contributed by atoms with E-state index in [2.05, 4.69) is 5.32 Å². The fraction of sp³-hybridized carbons (Fsp3) is 0.304. The maximum atomic E-state index is 12.9. The SMILES string of the molecule is CCCCOC(=O)NC(Cc1ccc(-n2c(=O)c3ccccc3n(C)c2=O)cc1)C(=O)O. The van der Waals surface area contributed by atoms with Gasteiger partial charge in [0.15, 0.2) is 0 Å². The predicted octanol–water partition coefficient (Wildman–Crippen LogP) is 2.21. The summed E-state index contributed by atoms with van der Waals surface area (Å²) in [5, 5.41) is 12.2. The predicted molar refractivity (Wildman–Crippen MR) is 119 cm³/mol. The molecule has 168 valence electrons. The second kappa shape index (κ2) is 9.95. The maximum Gasteiger partial charge on any atom is 0.407 e. The zero-order valence-corrected chi connectivity index (χ0v) is 17.9. The van der Waals surface area contributed by atoms with Crippen LogP contribution in [-0.4, -0.2) is 39.0 Å². The van der Waals surface area contributed by atoms with Gasteiger partial charge in [-0.2, -0.15) is 0 Å². The third kappa shape index (κ3) is 4.88. The van der Waals surface area contributed by atoms with E-state index in [0.29, 0.717) is 28.6 Å². The molecule has 0 aliphatic carbocycles. The number of nitrogens with zero attached hydrogens (tertiary/aromatic N) is 2. The summed E-state index contributed by atoms with van der Waals surface area (Å²) >= 11 is 0. The number of hydrogen-bond donors (Lipinski definition) is 2. The molecule has 0 radical (unpaired) electrons. The molecule has 0 aliphatic rings. The Bertz CT molecular complexity index is 1240. The van der Waals surface area contributed by atoms with E-state index in [4.69, 9.17) is 4.74 Å². The van der Waals surface area contributed by atoms with Crippen LogP contribution >= 0.6 is 0 Å². The summed E-state index contributed by atoms with van der Waals surface area (Å²) in [4.78, 5) is 49.0. The second-order valence-electron chi connectivity index (χ2n) is 7.39. The zero-order valence-electron chi connectivity index (χ0n) is 17.9. The number of ether oxygens (including phenoxy) is 1. The van der Waals surface area contributed by atoms with E-state index in [1.807, 2.05) is 6.92 Å². The molecule has 3 aromatic rings.